The summed E-state index contributed by atoms with van der Waals surface area (Å²) in [4.78, 5) is 12.1. The minimum absolute atomic E-state index is 0.305. The van der Waals surface area contributed by atoms with Gasteiger partial charge in [0.25, 0.3) is 0 Å². The Bertz CT molecular complexity index is 352. The molecule has 0 bridgehead atoms. The van der Waals surface area contributed by atoms with Crippen LogP contribution in [0.15, 0.2) is 24.3 Å². The molecule has 0 fully saturated rings. The van der Waals surface area contributed by atoms with Gasteiger partial charge in [-0.2, -0.15) is 0 Å². The van der Waals surface area contributed by atoms with E-state index in [1.807, 2.05) is 38.1 Å². The number of carbonyl (C=O) groups excluding carboxylic acids is 1. The Labute approximate surface area is 97.9 Å². The van der Waals surface area contributed by atoms with Crippen LogP contribution >= 0.6 is 0 Å². The maximum absolute atomic E-state index is 12.1. The molecule has 1 aromatic rings. The van der Waals surface area contributed by atoms with Crippen molar-refractivity contribution < 1.29 is 4.79 Å². The maximum atomic E-state index is 12.1. The fourth-order valence-corrected chi connectivity index (χ4v) is 1.71. The molecule has 0 unspecified atom stereocenters. The van der Waals surface area contributed by atoms with Gasteiger partial charge >= 0.3 is 0 Å². The molecular weight excluding hydrogens is 198 g/mol. The van der Waals surface area contributed by atoms with E-state index in [-0.39, 0.29) is 0 Å². The first-order valence-electron chi connectivity index (χ1n) is 5.87. The lowest BCUT2D eigenvalue weighted by Crippen LogP contribution is -2.28. The van der Waals surface area contributed by atoms with Crippen molar-refractivity contribution in [3.05, 3.63) is 29.8 Å². The van der Waals surface area contributed by atoms with Crippen molar-refractivity contribution in [1.29, 1.82) is 0 Å². The van der Waals surface area contributed by atoms with Crippen molar-refractivity contribution in [2.45, 2.75) is 45.4 Å². The topological polar surface area (TPSA) is 43.1 Å². The van der Waals surface area contributed by atoms with E-state index in [0.29, 0.717) is 12.2 Å². The molecule has 1 rings (SSSR count). The van der Waals surface area contributed by atoms with Gasteiger partial charge in [-0.1, -0.05) is 25.5 Å². The van der Waals surface area contributed by atoms with Gasteiger partial charge in [-0.3, -0.25) is 4.79 Å². The Morgan fingerprint density at radius 2 is 1.81 bits per heavy atom. The Kier molecular flexibility index (Phi) is 4.11. The van der Waals surface area contributed by atoms with Crippen LogP contribution in [0.5, 0.6) is 0 Å². The number of benzene rings is 1. The number of nitrogen functional groups attached to an aromatic ring is 1. The van der Waals surface area contributed by atoms with Crippen LogP contribution in [0.4, 0.5) is 5.69 Å². The van der Waals surface area contributed by atoms with Crippen LogP contribution in [-0.2, 0) is 10.2 Å². The Balaban J connectivity index is 2.83. The predicted molar refractivity (Wildman–Crippen MR) is 68.4 cm³/mol. The van der Waals surface area contributed by atoms with Gasteiger partial charge in [-0.05, 0) is 38.0 Å². The summed E-state index contributed by atoms with van der Waals surface area (Å²) in [7, 11) is 0. The predicted octanol–water partition coefficient (Wildman–Crippen LogP) is 3.31. The fraction of sp³-hybridized carbons (Fsp3) is 0.500. The van der Waals surface area contributed by atoms with Crippen molar-refractivity contribution in [3.8, 4) is 0 Å². The third-order valence-electron chi connectivity index (χ3n) is 3.09. The lowest BCUT2D eigenvalue weighted by molar-refractivity contribution is -0.123. The van der Waals surface area contributed by atoms with Gasteiger partial charge in [0.1, 0.15) is 5.78 Å². The highest BCUT2D eigenvalue weighted by Gasteiger charge is 2.28. The summed E-state index contributed by atoms with van der Waals surface area (Å²) < 4.78 is 0. The molecule has 16 heavy (non-hydrogen) atoms. The summed E-state index contributed by atoms with van der Waals surface area (Å²) in [6, 6.07) is 7.59. The number of nitrogens with two attached hydrogens (primary N) is 1. The molecule has 2 N–H and O–H groups in total. The average molecular weight is 219 g/mol. The lowest BCUT2D eigenvalue weighted by Gasteiger charge is -2.23. The first-order chi connectivity index (χ1) is 7.48. The monoisotopic (exact) mass is 219 g/mol. The van der Waals surface area contributed by atoms with Crippen molar-refractivity contribution in [1.82, 2.24) is 0 Å². The molecule has 0 radical (unpaired) electrons. The van der Waals surface area contributed by atoms with Gasteiger partial charge in [0.2, 0.25) is 0 Å². The molecule has 0 aliphatic heterocycles. The van der Waals surface area contributed by atoms with E-state index in [1.165, 1.54) is 0 Å². The van der Waals surface area contributed by atoms with E-state index in [1.54, 1.807) is 0 Å². The zero-order valence-corrected chi connectivity index (χ0v) is 10.4. The molecular formula is C14H21NO. The number of hydrogen-bond acceptors (Lipinski definition) is 2. The third-order valence-corrected chi connectivity index (χ3v) is 3.09. The standard InChI is InChI=1S/C14H21NO/c1-4-5-6-13(16)14(2,3)11-7-9-12(15)10-8-11/h7-10H,4-6,15H2,1-3H3. The highest BCUT2D eigenvalue weighted by atomic mass is 16.1. The fourth-order valence-electron chi connectivity index (χ4n) is 1.71. The number of unbranched alkanes of at least 4 members (excludes halogenated alkanes) is 1. The summed E-state index contributed by atoms with van der Waals surface area (Å²) in [5, 5.41) is 0. The molecule has 2 nitrogen and oxygen atoms in total. The van der Waals surface area contributed by atoms with E-state index in [0.717, 1.165) is 24.1 Å². The summed E-state index contributed by atoms with van der Waals surface area (Å²) in [5.74, 6) is 0.305. The molecule has 88 valence electrons. The summed E-state index contributed by atoms with van der Waals surface area (Å²) in [6.07, 6.45) is 2.69. The van der Waals surface area contributed by atoms with E-state index in [2.05, 4.69) is 6.92 Å². The molecule has 2 heteroatoms. The highest BCUT2D eigenvalue weighted by molar-refractivity contribution is 5.89. The minimum atomic E-state index is -0.400. The van der Waals surface area contributed by atoms with Crippen LogP contribution in [-0.4, -0.2) is 5.78 Å². The summed E-state index contributed by atoms with van der Waals surface area (Å²) in [6.45, 7) is 6.07. The Morgan fingerprint density at radius 3 is 2.31 bits per heavy atom. The van der Waals surface area contributed by atoms with Gasteiger partial charge < -0.3 is 5.73 Å². The summed E-state index contributed by atoms with van der Waals surface area (Å²) >= 11 is 0. The second-order valence-corrected chi connectivity index (χ2v) is 4.77. The Morgan fingerprint density at radius 1 is 1.25 bits per heavy atom. The maximum Gasteiger partial charge on any atom is 0.142 e. The Hall–Kier alpha value is -1.31. The number of carbonyl (C=O) groups is 1. The van der Waals surface area contributed by atoms with Crippen molar-refractivity contribution in [3.63, 3.8) is 0 Å². The molecule has 1 aromatic carbocycles. The van der Waals surface area contributed by atoms with Crippen LogP contribution in [0, 0.1) is 0 Å². The molecule has 0 atom stereocenters. The van der Waals surface area contributed by atoms with E-state index in [9.17, 15) is 4.79 Å². The molecule has 0 aromatic heterocycles. The molecule has 0 amide bonds. The van der Waals surface area contributed by atoms with Gasteiger partial charge in [0.05, 0.1) is 0 Å². The van der Waals surface area contributed by atoms with Crippen molar-refractivity contribution in [2.24, 2.45) is 0 Å². The van der Waals surface area contributed by atoms with Crippen LogP contribution < -0.4 is 5.73 Å². The van der Waals surface area contributed by atoms with E-state index >= 15 is 0 Å². The quantitative estimate of drug-likeness (QED) is 0.772. The number of anilines is 1. The molecule has 0 saturated heterocycles. The average Bonchev–Trinajstić information content (AvgIpc) is 2.26. The van der Waals surface area contributed by atoms with Gasteiger partial charge in [-0.25, -0.2) is 0 Å². The van der Waals surface area contributed by atoms with Gasteiger partial charge in [0.15, 0.2) is 0 Å². The SMILES string of the molecule is CCCCC(=O)C(C)(C)c1ccc(N)cc1. The van der Waals surface area contributed by atoms with Crippen LogP contribution in [0.25, 0.3) is 0 Å². The number of rotatable bonds is 5. The first-order valence-corrected chi connectivity index (χ1v) is 5.87. The van der Waals surface area contributed by atoms with Crippen LogP contribution in [0.1, 0.15) is 45.6 Å². The van der Waals surface area contributed by atoms with Crippen LogP contribution in [0.3, 0.4) is 0 Å². The molecule has 0 saturated carbocycles. The lowest BCUT2D eigenvalue weighted by atomic mass is 9.79. The largest absolute Gasteiger partial charge is 0.399 e. The van der Waals surface area contributed by atoms with Crippen molar-refractivity contribution >= 4 is 11.5 Å². The van der Waals surface area contributed by atoms with Crippen LogP contribution in [0.2, 0.25) is 0 Å². The zero-order chi connectivity index (χ0) is 12.2. The van der Waals surface area contributed by atoms with E-state index < -0.39 is 5.41 Å². The zero-order valence-electron chi connectivity index (χ0n) is 10.4. The number of Topliss-reactive ketones (excluding diaryl/α,β-unsaturated/α-hetero) is 1. The number of ketones is 1. The first kappa shape index (κ1) is 12.8. The highest BCUT2D eigenvalue weighted by Crippen LogP contribution is 2.26. The smallest absolute Gasteiger partial charge is 0.142 e. The molecule has 0 aliphatic carbocycles. The van der Waals surface area contributed by atoms with Crippen molar-refractivity contribution in [2.75, 3.05) is 5.73 Å². The second kappa shape index (κ2) is 5.15. The van der Waals surface area contributed by atoms with Gasteiger partial charge in [-0.15, -0.1) is 0 Å². The summed E-state index contributed by atoms with van der Waals surface area (Å²) in [5.41, 5.74) is 7.02. The number of hydrogen-bond donors (Lipinski definition) is 1. The minimum Gasteiger partial charge on any atom is -0.399 e. The molecule has 0 aliphatic rings. The normalized spacial score (nSPS) is 11.4. The van der Waals surface area contributed by atoms with Gasteiger partial charge in [0, 0.05) is 17.5 Å². The van der Waals surface area contributed by atoms with E-state index in [4.69, 9.17) is 5.73 Å². The third kappa shape index (κ3) is 2.84. The molecule has 0 spiro atoms. The molecule has 0 heterocycles. The second-order valence-electron chi connectivity index (χ2n) is 4.77.